The van der Waals surface area contributed by atoms with E-state index in [9.17, 15) is 9.59 Å². The lowest BCUT2D eigenvalue weighted by Gasteiger charge is -2.16. The number of nitrogens with zero attached hydrogens (tertiary/aromatic N) is 3. The molecule has 0 aliphatic heterocycles. The molecule has 0 saturated heterocycles. The van der Waals surface area contributed by atoms with E-state index < -0.39 is 0 Å². The average molecular weight is 322 g/mol. The van der Waals surface area contributed by atoms with Gasteiger partial charge in [0, 0.05) is 26.1 Å². The van der Waals surface area contributed by atoms with Crippen molar-refractivity contribution in [3.63, 3.8) is 0 Å². The van der Waals surface area contributed by atoms with Crippen LogP contribution in [0.5, 0.6) is 0 Å². The van der Waals surface area contributed by atoms with E-state index in [2.05, 4.69) is 15.0 Å². The van der Waals surface area contributed by atoms with E-state index in [0.29, 0.717) is 24.2 Å². The van der Waals surface area contributed by atoms with Gasteiger partial charge in [-0.2, -0.15) is 0 Å². The minimum absolute atomic E-state index is 0.0463. The summed E-state index contributed by atoms with van der Waals surface area (Å²) in [5, 5.41) is 0. The molecule has 6 nitrogen and oxygen atoms in total. The molecule has 0 radical (unpaired) electrons. The molecule has 122 valence electrons. The summed E-state index contributed by atoms with van der Waals surface area (Å²) in [5.41, 5.74) is 2.39. The van der Waals surface area contributed by atoms with Gasteiger partial charge in [-0.25, -0.2) is 4.98 Å². The zero-order valence-corrected chi connectivity index (χ0v) is 13.4. The number of aryl methyl sites for hydroxylation is 1. The van der Waals surface area contributed by atoms with Crippen LogP contribution in [0.25, 0.3) is 11.0 Å². The van der Waals surface area contributed by atoms with Crippen molar-refractivity contribution in [1.29, 1.82) is 0 Å². The van der Waals surface area contributed by atoms with Crippen molar-refractivity contribution in [1.82, 2.24) is 19.9 Å². The molecule has 2 heterocycles. The number of amides is 1. The van der Waals surface area contributed by atoms with Crippen LogP contribution in [0.2, 0.25) is 0 Å². The van der Waals surface area contributed by atoms with E-state index in [1.54, 1.807) is 24.2 Å². The van der Waals surface area contributed by atoms with E-state index in [1.165, 1.54) is 0 Å². The number of H-pyrrole nitrogens is 1. The number of pyridine rings is 1. The van der Waals surface area contributed by atoms with Gasteiger partial charge in [-0.15, -0.1) is 0 Å². The summed E-state index contributed by atoms with van der Waals surface area (Å²) >= 11 is 0. The highest BCUT2D eigenvalue weighted by atomic mass is 16.2. The van der Waals surface area contributed by atoms with Crippen molar-refractivity contribution >= 4 is 16.9 Å². The SMILES string of the molecule is CN(Cc1ccccn1)C(=O)CCc1nc2ccccc2[nH]c1=O. The number of para-hydroxylation sites is 2. The molecule has 24 heavy (non-hydrogen) atoms. The Morgan fingerprint density at radius 1 is 1.17 bits per heavy atom. The largest absolute Gasteiger partial charge is 0.340 e. The minimum Gasteiger partial charge on any atom is -0.340 e. The molecule has 1 aromatic carbocycles. The molecule has 2 aromatic heterocycles. The van der Waals surface area contributed by atoms with Crippen molar-refractivity contribution < 1.29 is 4.79 Å². The zero-order chi connectivity index (χ0) is 16.9. The molecule has 0 aliphatic carbocycles. The van der Waals surface area contributed by atoms with Gasteiger partial charge >= 0.3 is 0 Å². The lowest BCUT2D eigenvalue weighted by molar-refractivity contribution is -0.130. The summed E-state index contributed by atoms with van der Waals surface area (Å²) in [6, 6.07) is 12.9. The standard InChI is InChI=1S/C18H18N4O2/c1-22(12-13-6-4-5-11-19-13)17(23)10-9-16-18(24)21-15-8-3-2-7-14(15)20-16/h2-8,11H,9-10,12H2,1H3,(H,21,24). The summed E-state index contributed by atoms with van der Waals surface area (Å²) in [5.74, 6) is -0.0463. The van der Waals surface area contributed by atoms with Crippen LogP contribution < -0.4 is 5.56 Å². The fourth-order valence-corrected chi connectivity index (χ4v) is 2.48. The number of carbonyl (C=O) groups excluding carboxylic acids is 1. The maximum Gasteiger partial charge on any atom is 0.270 e. The minimum atomic E-state index is -0.242. The lowest BCUT2D eigenvalue weighted by atomic mass is 10.2. The van der Waals surface area contributed by atoms with Gasteiger partial charge in [0.1, 0.15) is 5.69 Å². The Hall–Kier alpha value is -3.02. The molecule has 1 amide bonds. The Bertz CT molecular complexity index is 906. The van der Waals surface area contributed by atoms with Crippen molar-refractivity contribution in [3.05, 3.63) is 70.4 Å². The summed E-state index contributed by atoms with van der Waals surface area (Å²) < 4.78 is 0. The number of nitrogens with one attached hydrogen (secondary N) is 1. The third kappa shape index (κ3) is 3.65. The number of fused-ring (bicyclic) bond motifs is 1. The van der Waals surface area contributed by atoms with Crippen LogP contribution in [-0.2, 0) is 17.8 Å². The van der Waals surface area contributed by atoms with Crippen LogP contribution in [0.4, 0.5) is 0 Å². The van der Waals surface area contributed by atoms with Gasteiger partial charge in [-0.1, -0.05) is 18.2 Å². The summed E-state index contributed by atoms with van der Waals surface area (Å²) in [7, 11) is 1.73. The van der Waals surface area contributed by atoms with Gasteiger partial charge in [0.15, 0.2) is 0 Å². The zero-order valence-electron chi connectivity index (χ0n) is 13.4. The third-order valence-electron chi connectivity index (χ3n) is 3.80. The fourth-order valence-electron chi connectivity index (χ4n) is 2.48. The maximum atomic E-state index is 12.3. The number of hydrogen-bond donors (Lipinski definition) is 1. The molecular weight excluding hydrogens is 304 g/mol. The predicted octanol–water partition coefficient (Wildman–Crippen LogP) is 1.91. The molecule has 0 aliphatic rings. The van der Waals surface area contributed by atoms with Gasteiger partial charge in [-0.05, 0) is 24.3 Å². The van der Waals surface area contributed by atoms with Gasteiger partial charge in [0.2, 0.25) is 5.91 Å². The lowest BCUT2D eigenvalue weighted by Crippen LogP contribution is -2.27. The second-order valence-corrected chi connectivity index (χ2v) is 5.60. The van der Waals surface area contributed by atoms with Gasteiger partial charge in [0.05, 0.1) is 23.3 Å². The Morgan fingerprint density at radius 2 is 1.96 bits per heavy atom. The van der Waals surface area contributed by atoms with Crippen LogP contribution in [0.1, 0.15) is 17.8 Å². The van der Waals surface area contributed by atoms with Crippen LogP contribution in [-0.4, -0.2) is 32.8 Å². The first-order chi connectivity index (χ1) is 11.6. The predicted molar refractivity (Wildman–Crippen MR) is 91.4 cm³/mol. The van der Waals surface area contributed by atoms with Crippen molar-refractivity contribution in [2.24, 2.45) is 0 Å². The highest BCUT2D eigenvalue weighted by molar-refractivity contribution is 5.76. The number of rotatable bonds is 5. The molecule has 3 aromatic rings. The second-order valence-electron chi connectivity index (χ2n) is 5.60. The molecule has 0 fully saturated rings. The van der Waals surface area contributed by atoms with Crippen LogP contribution in [0.15, 0.2) is 53.5 Å². The molecule has 0 bridgehead atoms. The summed E-state index contributed by atoms with van der Waals surface area (Å²) in [6.07, 6.45) is 2.25. The van der Waals surface area contributed by atoms with E-state index in [0.717, 1.165) is 11.2 Å². The monoisotopic (exact) mass is 322 g/mol. The van der Waals surface area contributed by atoms with Crippen LogP contribution in [0.3, 0.4) is 0 Å². The molecule has 0 atom stereocenters. The van der Waals surface area contributed by atoms with Gasteiger partial charge in [-0.3, -0.25) is 14.6 Å². The average Bonchev–Trinajstić information content (AvgIpc) is 2.60. The normalized spacial score (nSPS) is 10.7. The highest BCUT2D eigenvalue weighted by Crippen LogP contribution is 2.08. The van der Waals surface area contributed by atoms with E-state index in [1.807, 2.05) is 36.4 Å². The first-order valence-electron chi connectivity index (χ1n) is 7.75. The molecule has 6 heteroatoms. The molecule has 1 N–H and O–H groups in total. The van der Waals surface area contributed by atoms with E-state index in [4.69, 9.17) is 0 Å². The summed E-state index contributed by atoms with van der Waals surface area (Å²) in [4.78, 5) is 37.3. The Morgan fingerprint density at radius 3 is 2.75 bits per heavy atom. The van der Waals surface area contributed by atoms with Crippen LogP contribution in [0, 0.1) is 0 Å². The molecule has 0 unspecified atom stereocenters. The van der Waals surface area contributed by atoms with E-state index >= 15 is 0 Å². The van der Waals surface area contributed by atoms with Gasteiger partial charge in [0.25, 0.3) is 5.56 Å². The number of benzene rings is 1. The number of aromatic nitrogens is 3. The Labute approximate surface area is 139 Å². The number of carbonyl (C=O) groups is 1. The second kappa shape index (κ2) is 7.04. The van der Waals surface area contributed by atoms with Crippen LogP contribution >= 0.6 is 0 Å². The highest BCUT2D eigenvalue weighted by Gasteiger charge is 2.12. The van der Waals surface area contributed by atoms with Crippen molar-refractivity contribution in [3.8, 4) is 0 Å². The first-order valence-corrected chi connectivity index (χ1v) is 7.75. The molecular formula is C18H18N4O2. The van der Waals surface area contributed by atoms with Crippen molar-refractivity contribution in [2.75, 3.05) is 7.05 Å². The van der Waals surface area contributed by atoms with E-state index in [-0.39, 0.29) is 17.9 Å². The van der Waals surface area contributed by atoms with Crippen molar-refractivity contribution in [2.45, 2.75) is 19.4 Å². The molecule has 0 saturated carbocycles. The Balaban J connectivity index is 1.65. The number of aromatic amines is 1. The first kappa shape index (κ1) is 15.9. The smallest absolute Gasteiger partial charge is 0.270 e. The fraction of sp³-hybridized carbons (Fsp3) is 0.222. The Kier molecular flexibility index (Phi) is 4.65. The third-order valence-corrected chi connectivity index (χ3v) is 3.80. The number of hydrogen-bond acceptors (Lipinski definition) is 4. The van der Waals surface area contributed by atoms with Gasteiger partial charge < -0.3 is 9.88 Å². The quantitative estimate of drug-likeness (QED) is 0.778. The summed E-state index contributed by atoms with van der Waals surface area (Å²) in [6.45, 7) is 0.446. The molecule has 3 rings (SSSR count). The maximum absolute atomic E-state index is 12.3. The molecule has 0 spiro atoms. The topological polar surface area (TPSA) is 79.0 Å².